The average molecular weight is 371 g/mol. The molecule has 0 aromatic heterocycles. The van der Waals surface area contributed by atoms with E-state index in [1.807, 2.05) is 36.4 Å². The monoisotopic (exact) mass is 371 g/mol. The highest BCUT2D eigenvalue weighted by Gasteiger charge is 2.45. The molecule has 1 saturated heterocycles. The summed E-state index contributed by atoms with van der Waals surface area (Å²) in [6.45, 7) is 5.62. The molecule has 0 saturated carbocycles. The quantitative estimate of drug-likeness (QED) is 0.882. The molecule has 3 rings (SSSR count). The second-order valence-electron chi connectivity index (χ2n) is 7.75. The Labute approximate surface area is 158 Å². The molecular weight excluding hydrogens is 346 g/mol. The fourth-order valence-corrected chi connectivity index (χ4v) is 3.76. The van der Waals surface area contributed by atoms with E-state index in [0.717, 1.165) is 16.3 Å². The van der Waals surface area contributed by atoms with E-state index >= 15 is 0 Å². The minimum atomic E-state index is -1.04. The van der Waals surface area contributed by atoms with Crippen LogP contribution in [0.4, 0.5) is 4.79 Å². The Balaban J connectivity index is 2.06. The van der Waals surface area contributed by atoms with Gasteiger partial charge < -0.3 is 14.6 Å². The van der Waals surface area contributed by atoms with Gasteiger partial charge in [0.15, 0.2) is 0 Å². The molecule has 2 atom stereocenters. The lowest BCUT2D eigenvalue weighted by molar-refractivity contribution is -0.142. The number of amides is 1. The summed E-state index contributed by atoms with van der Waals surface area (Å²) in [7, 11) is 1.57. The molecule has 0 spiro atoms. The summed E-state index contributed by atoms with van der Waals surface area (Å²) < 4.78 is 11.0. The molecule has 0 radical (unpaired) electrons. The Morgan fingerprint density at radius 2 is 1.85 bits per heavy atom. The van der Waals surface area contributed by atoms with Crippen LogP contribution in [0.25, 0.3) is 10.8 Å². The van der Waals surface area contributed by atoms with Crippen molar-refractivity contribution in [2.75, 3.05) is 13.7 Å². The van der Waals surface area contributed by atoms with E-state index in [1.54, 1.807) is 27.9 Å². The minimum Gasteiger partial charge on any atom is -0.496 e. The van der Waals surface area contributed by atoms with Gasteiger partial charge in [-0.25, -0.2) is 9.59 Å². The molecule has 1 heterocycles. The molecule has 1 amide bonds. The minimum absolute atomic E-state index is 0.322. The number of ether oxygens (including phenoxy) is 2. The van der Waals surface area contributed by atoms with Crippen molar-refractivity contribution in [3.8, 4) is 5.75 Å². The van der Waals surface area contributed by atoms with Gasteiger partial charge in [-0.05, 0) is 44.0 Å². The first-order valence-corrected chi connectivity index (χ1v) is 9.01. The van der Waals surface area contributed by atoms with Crippen LogP contribution in [0.1, 0.15) is 38.7 Å². The highest BCUT2D eigenvalue weighted by Crippen LogP contribution is 2.42. The van der Waals surface area contributed by atoms with Gasteiger partial charge in [-0.1, -0.05) is 30.3 Å². The number of fused-ring (bicyclic) bond motifs is 1. The van der Waals surface area contributed by atoms with E-state index in [9.17, 15) is 14.7 Å². The van der Waals surface area contributed by atoms with Gasteiger partial charge in [0.05, 0.1) is 7.11 Å². The zero-order valence-electron chi connectivity index (χ0n) is 16.1. The van der Waals surface area contributed by atoms with Crippen LogP contribution >= 0.6 is 0 Å². The van der Waals surface area contributed by atoms with E-state index in [0.29, 0.717) is 18.7 Å². The van der Waals surface area contributed by atoms with Crippen molar-refractivity contribution in [2.45, 2.75) is 44.8 Å². The topological polar surface area (TPSA) is 76.1 Å². The second-order valence-corrected chi connectivity index (χ2v) is 7.75. The number of carboxylic acid groups (broad SMARTS) is 1. The molecule has 1 N–H and O–H groups in total. The Kier molecular flexibility index (Phi) is 5.00. The molecule has 0 unspecified atom stereocenters. The highest BCUT2D eigenvalue weighted by atomic mass is 16.6. The third kappa shape index (κ3) is 3.70. The predicted octanol–water partition coefficient (Wildman–Crippen LogP) is 4.03. The summed E-state index contributed by atoms with van der Waals surface area (Å²) in [5, 5.41) is 11.9. The standard InChI is InChI=1S/C21H25NO5/c1-21(2,3)27-20(25)22-12-11-15(18(22)19(23)24)17-14-8-6-5-7-13(14)9-10-16(17)26-4/h5-10,15,18H,11-12H2,1-4H3,(H,23,24)/t15-,18+/m1/s1. The molecule has 144 valence electrons. The number of likely N-dealkylation sites (tertiary alicyclic amines) is 1. The molecule has 6 nitrogen and oxygen atoms in total. The van der Waals surface area contributed by atoms with Crippen molar-refractivity contribution < 1.29 is 24.2 Å². The number of aliphatic carboxylic acids is 1. The lowest BCUT2D eigenvalue weighted by Gasteiger charge is -2.29. The van der Waals surface area contributed by atoms with Crippen molar-refractivity contribution in [1.29, 1.82) is 0 Å². The van der Waals surface area contributed by atoms with Gasteiger partial charge in [0, 0.05) is 18.0 Å². The molecule has 2 aromatic rings. The Bertz CT molecular complexity index is 870. The molecule has 6 heteroatoms. The smallest absolute Gasteiger partial charge is 0.411 e. The van der Waals surface area contributed by atoms with Crippen LogP contribution in [0.3, 0.4) is 0 Å². The molecular formula is C21H25NO5. The van der Waals surface area contributed by atoms with E-state index in [-0.39, 0.29) is 5.92 Å². The normalized spacial score (nSPS) is 19.9. The van der Waals surface area contributed by atoms with Crippen LogP contribution in [-0.4, -0.2) is 47.4 Å². The first kappa shape index (κ1) is 19.0. The molecule has 1 aliphatic rings. The summed E-state index contributed by atoms with van der Waals surface area (Å²) in [6.07, 6.45) is -0.0720. The van der Waals surface area contributed by atoms with Crippen LogP contribution in [0.15, 0.2) is 36.4 Å². The van der Waals surface area contributed by atoms with Gasteiger partial charge >= 0.3 is 12.1 Å². The van der Waals surface area contributed by atoms with Crippen molar-refractivity contribution >= 4 is 22.8 Å². The van der Waals surface area contributed by atoms with Crippen LogP contribution in [0.2, 0.25) is 0 Å². The zero-order chi connectivity index (χ0) is 19.8. The maximum atomic E-state index is 12.6. The van der Waals surface area contributed by atoms with E-state index in [4.69, 9.17) is 9.47 Å². The van der Waals surface area contributed by atoms with Crippen LogP contribution in [0, 0.1) is 0 Å². The fourth-order valence-electron chi connectivity index (χ4n) is 3.76. The summed E-state index contributed by atoms with van der Waals surface area (Å²) >= 11 is 0. The average Bonchev–Trinajstić information content (AvgIpc) is 3.04. The summed E-state index contributed by atoms with van der Waals surface area (Å²) in [5.74, 6) is -0.787. The van der Waals surface area contributed by atoms with Crippen molar-refractivity contribution in [2.24, 2.45) is 0 Å². The van der Waals surface area contributed by atoms with Crippen LogP contribution < -0.4 is 4.74 Å². The number of rotatable bonds is 3. The summed E-state index contributed by atoms with van der Waals surface area (Å²) in [4.78, 5) is 26.0. The SMILES string of the molecule is COc1ccc2ccccc2c1[C@H]1CCN(C(=O)OC(C)(C)C)[C@@H]1C(=O)O. The molecule has 1 aliphatic heterocycles. The zero-order valence-corrected chi connectivity index (χ0v) is 16.1. The maximum Gasteiger partial charge on any atom is 0.411 e. The third-order valence-electron chi connectivity index (χ3n) is 4.80. The van der Waals surface area contributed by atoms with Crippen molar-refractivity contribution in [3.63, 3.8) is 0 Å². The van der Waals surface area contributed by atoms with E-state index < -0.39 is 23.7 Å². The largest absolute Gasteiger partial charge is 0.496 e. The van der Waals surface area contributed by atoms with E-state index in [1.165, 1.54) is 4.90 Å². The molecule has 2 aromatic carbocycles. The predicted molar refractivity (Wildman–Crippen MR) is 102 cm³/mol. The Morgan fingerprint density at radius 1 is 1.15 bits per heavy atom. The number of hydrogen-bond acceptors (Lipinski definition) is 4. The number of carbonyl (C=O) groups excluding carboxylic acids is 1. The number of methoxy groups -OCH3 is 1. The highest BCUT2D eigenvalue weighted by molar-refractivity contribution is 5.90. The lowest BCUT2D eigenvalue weighted by atomic mass is 9.87. The Hall–Kier alpha value is -2.76. The van der Waals surface area contributed by atoms with Gasteiger partial charge in [-0.2, -0.15) is 0 Å². The number of benzene rings is 2. The van der Waals surface area contributed by atoms with Crippen LogP contribution in [-0.2, 0) is 9.53 Å². The first-order valence-electron chi connectivity index (χ1n) is 9.01. The fraction of sp³-hybridized carbons (Fsp3) is 0.429. The van der Waals surface area contributed by atoms with Crippen molar-refractivity contribution in [3.05, 3.63) is 42.0 Å². The van der Waals surface area contributed by atoms with Gasteiger partial charge in [0.1, 0.15) is 17.4 Å². The van der Waals surface area contributed by atoms with Gasteiger partial charge in [-0.15, -0.1) is 0 Å². The number of carboxylic acids is 1. The second kappa shape index (κ2) is 7.10. The van der Waals surface area contributed by atoms with Gasteiger partial charge in [0.25, 0.3) is 0 Å². The van der Waals surface area contributed by atoms with Crippen molar-refractivity contribution in [1.82, 2.24) is 4.90 Å². The first-order chi connectivity index (χ1) is 12.7. The summed E-state index contributed by atoms with van der Waals surface area (Å²) in [5.41, 5.74) is 0.143. The molecule has 0 aliphatic carbocycles. The molecule has 27 heavy (non-hydrogen) atoms. The Morgan fingerprint density at radius 3 is 2.48 bits per heavy atom. The van der Waals surface area contributed by atoms with Gasteiger partial charge in [-0.3, -0.25) is 4.90 Å². The molecule has 1 fully saturated rings. The maximum absolute atomic E-state index is 12.6. The lowest BCUT2D eigenvalue weighted by Crippen LogP contribution is -2.45. The van der Waals surface area contributed by atoms with Crippen LogP contribution in [0.5, 0.6) is 5.75 Å². The number of hydrogen-bond donors (Lipinski definition) is 1. The third-order valence-corrected chi connectivity index (χ3v) is 4.80. The molecule has 0 bridgehead atoms. The number of carbonyl (C=O) groups is 2. The number of nitrogens with zero attached hydrogens (tertiary/aromatic N) is 1. The summed E-state index contributed by atoms with van der Waals surface area (Å²) in [6, 6.07) is 10.6. The van der Waals surface area contributed by atoms with Gasteiger partial charge in [0.2, 0.25) is 0 Å². The van der Waals surface area contributed by atoms with E-state index in [2.05, 4.69) is 0 Å².